The van der Waals surface area contributed by atoms with Crippen LogP contribution in [-0.2, 0) is 0 Å². The van der Waals surface area contributed by atoms with Crippen LogP contribution in [0.4, 0.5) is 10.1 Å². The largest absolute Gasteiger partial charge is 0.496 e. The number of halogens is 1. The number of anilines is 1. The van der Waals surface area contributed by atoms with Gasteiger partial charge in [-0.05, 0) is 44.3 Å². The zero-order valence-electron chi connectivity index (χ0n) is 12.8. The molecule has 0 aliphatic heterocycles. The minimum Gasteiger partial charge on any atom is -0.496 e. The van der Waals surface area contributed by atoms with Crippen LogP contribution in [0.15, 0.2) is 42.5 Å². The molecule has 0 fully saturated rings. The molecule has 0 aliphatic rings. The predicted octanol–water partition coefficient (Wildman–Crippen LogP) is 4.19. The molecule has 0 saturated carbocycles. The Morgan fingerprint density at radius 3 is 2.64 bits per heavy atom. The lowest BCUT2D eigenvalue weighted by Gasteiger charge is -2.20. The van der Waals surface area contributed by atoms with E-state index in [1.54, 1.807) is 25.3 Å². The van der Waals surface area contributed by atoms with E-state index in [1.165, 1.54) is 6.07 Å². The molecular formula is C17H19FN2OS. The molecule has 0 bridgehead atoms. The fourth-order valence-electron chi connectivity index (χ4n) is 2.19. The molecule has 2 aromatic carbocycles. The summed E-state index contributed by atoms with van der Waals surface area (Å²) in [7, 11) is 1.64. The Balaban J connectivity index is 2.09. The number of para-hydroxylation sites is 1. The Bertz CT molecular complexity index is 675. The van der Waals surface area contributed by atoms with E-state index < -0.39 is 0 Å². The minimum atomic E-state index is -0.340. The lowest BCUT2D eigenvalue weighted by molar-refractivity contribution is 0.405. The van der Waals surface area contributed by atoms with E-state index >= 15 is 0 Å². The molecule has 2 rings (SSSR count). The normalized spacial score (nSPS) is 11.6. The van der Waals surface area contributed by atoms with Crippen molar-refractivity contribution < 1.29 is 9.13 Å². The van der Waals surface area contributed by atoms with Crippen LogP contribution < -0.4 is 15.4 Å². The molecule has 2 aromatic rings. The second-order valence-corrected chi connectivity index (χ2v) is 5.45. The number of nitrogens with one attached hydrogen (secondary N) is 2. The van der Waals surface area contributed by atoms with Gasteiger partial charge >= 0.3 is 0 Å². The summed E-state index contributed by atoms with van der Waals surface area (Å²) in [5.74, 6) is 0.451. The number of aryl methyl sites for hydroxylation is 1. The lowest BCUT2D eigenvalue weighted by Crippen LogP contribution is -2.31. The van der Waals surface area contributed by atoms with Gasteiger partial charge in [0.15, 0.2) is 5.11 Å². The molecule has 0 amide bonds. The van der Waals surface area contributed by atoms with Crippen LogP contribution in [0.2, 0.25) is 0 Å². The van der Waals surface area contributed by atoms with E-state index in [9.17, 15) is 4.39 Å². The van der Waals surface area contributed by atoms with E-state index in [4.69, 9.17) is 17.0 Å². The smallest absolute Gasteiger partial charge is 0.171 e. The number of hydrogen-bond donors (Lipinski definition) is 2. The van der Waals surface area contributed by atoms with Crippen molar-refractivity contribution in [2.45, 2.75) is 19.9 Å². The topological polar surface area (TPSA) is 33.3 Å². The number of thiocarbonyl (C=S) groups is 1. The van der Waals surface area contributed by atoms with Crippen molar-refractivity contribution in [3.05, 3.63) is 59.4 Å². The summed E-state index contributed by atoms with van der Waals surface area (Å²) in [5, 5.41) is 6.38. The number of ether oxygens (including phenoxy) is 1. The molecular weight excluding hydrogens is 299 g/mol. The van der Waals surface area contributed by atoms with Crippen LogP contribution >= 0.6 is 12.2 Å². The molecule has 0 aliphatic carbocycles. The minimum absolute atomic E-state index is 0.0679. The molecule has 0 heterocycles. The predicted molar refractivity (Wildman–Crippen MR) is 91.9 cm³/mol. The fourth-order valence-corrected chi connectivity index (χ4v) is 2.47. The first-order chi connectivity index (χ1) is 10.5. The average molecular weight is 318 g/mol. The molecule has 0 radical (unpaired) electrons. The first-order valence-electron chi connectivity index (χ1n) is 6.98. The maximum atomic E-state index is 13.6. The fraction of sp³-hybridized carbons (Fsp3) is 0.235. The van der Waals surface area contributed by atoms with Gasteiger partial charge < -0.3 is 15.4 Å². The lowest BCUT2D eigenvalue weighted by atomic mass is 10.0. The van der Waals surface area contributed by atoms with Crippen molar-refractivity contribution in [2.24, 2.45) is 0 Å². The van der Waals surface area contributed by atoms with Crippen molar-refractivity contribution in [1.29, 1.82) is 0 Å². The summed E-state index contributed by atoms with van der Waals surface area (Å²) in [6, 6.07) is 12.3. The third-order valence-corrected chi connectivity index (χ3v) is 3.54. The summed E-state index contributed by atoms with van der Waals surface area (Å²) in [6.07, 6.45) is 0. The summed E-state index contributed by atoms with van der Waals surface area (Å²) in [4.78, 5) is 0. The van der Waals surface area contributed by atoms with Crippen molar-refractivity contribution in [1.82, 2.24) is 5.32 Å². The highest BCUT2D eigenvalue weighted by Crippen LogP contribution is 2.26. The number of hydrogen-bond acceptors (Lipinski definition) is 2. The Morgan fingerprint density at radius 2 is 1.95 bits per heavy atom. The highest BCUT2D eigenvalue weighted by atomic mass is 32.1. The van der Waals surface area contributed by atoms with Crippen molar-refractivity contribution >= 4 is 23.0 Å². The van der Waals surface area contributed by atoms with Gasteiger partial charge in [-0.2, -0.15) is 0 Å². The third kappa shape index (κ3) is 3.95. The molecule has 3 nitrogen and oxygen atoms in total. The zero-order chi connectivity index (χ0) is 16.1. The summed E-state index contributed by atoms with van der Waals surface area (Å²) < 4.78 is 19.0. The van der Waals surface area contributed by atoms with E-state index in [1.807, 2.05) is 32.0 Å². The Hall–Kier alpha value is -2.14. The number of methoxy groups -OCH3 is 1. The SMILES string of the molecule is COc1ccc(C)cc1[C@@H](C)NC(=S)Nc1ccccc1F. The average Bonchev–Trinajstić information content (AvgIpc) is 2.49. The van der Waals surface area contributed by atoms with E-state index in [2.05, 4.69) is 10.6 Å². The van der Waals surface area contributed by atoms with Crippen molar-refractivity contribution in [3.63, 3.8) is 0 Å². The highest BCUT2D eigenvalue weighted by Gasteiger charge is 2.13. The van der Waals surface area contributed by atoms with E-state index in [0.717, 1.165) is 16.9 Å². The van der Waals surface area contributed by atoms with E-state index in [0.29, 0.717) is 10.8 Å². The zero-order valence-corrected chi connectivity index (χ0v) is 13.6. The maximum Gasteiger partial charge on any atom is 0.171 e. The van der Waals surface area contributed by atoms with Crippen LogP contribution in [0.5, 0.6) is 5.75 Å². The van der Waals surface area contributed by atoms with Gasteiger partial charge in [-0.1, -0.05) is 29.8 Å². The van der Waals surface area contributed by atoms with Gasteiger partial charge in [0.2, 0.25) is 0 Å². The molecule has 5 heteroatoms. The van der Waals surface area contributed by atoms with Gasteiger partial charge in [0.05, 0.1) is 18.8 Å². The molecule has 1 atom stereocenters. The van der Waals surface area contributed by atoms with Crippen LogP contribution in [0.3, 0.4) is 0 Å². The molecule has 22 heavy (non-hydrogen) atoms. The maximum absolute atomic E-state index is 13.6. The molecule has 0 aromatic heterocycles. The number of rotatable bonds is 4. The van der Waals surface area contributed by atoms with Gasteiger partial charge in [-0.25, -0.2) is 4.39 Å². The summed E-state index contributed by atoms with van der Waals surface area (Å²) in [6.45, 7) is 4.00. The third-order valence-electron chi connectivity index (χ3n) is 3.32. The Morgan fingerprint density at radius 1 is 1.23 bits per heavy atom. The first kappa shape index (κ1) is 16.2. The van der Waals surface area contributed by atoms with Crippen molar-refractivity contribution in [2.75, 3.05) is 12.4 Å². The molecule has 0 unspecified atom stereocenters. The highest BCUT2D eigenvalue weighted by molar-refractivity contribution is 7.80. The van der Waals surface area contributed by atoms with Gasteiger partial charge in [0.1, 0.15) is 11.6 Å². The first-order valence-corrected chi connectivity index (χ1v) is 7.38. The standard InChI is InChI=1S/C17H19FN2OS/c1-11-8-9-16(21-3)13(10-11)12(2)19-17(22)20-15-7-5-4-6-14(15)18/h4-10,12H,1-3H3,(H2,19,20,22)/t12-/m1/s1. The van der Waals surface area contributed by atoms with Crippen LogP contribution in [0.25, 0.3) is 0 Å². The van der Waals surface area contributed by atoms with Crippen LogP contribution in [0.1, 0.15) is 24.1 Å². The van der Waals surface area contributed by atoms with Crippen molar-refractivity contribution in [3.8, 4) is 5.75 Å². The van der Waals surface area contributed by atoms with Gasteiger partial charge in [-0.15, -0.1) is 0 Å². The van der Waals surface area contributed by atoms with E-state index in [-0.39, 0.29) is 11.9 Å². The quantitative estimate of drug-likeness (QED) is 0.828. The van der Waals surface area contributed by atoms with Gasteiger partial charge in [0.25, 0.3) is 0 Å². The molecule has 116 valence electrons. The van der Waals surface area contributed by atoms with Gasteiger partial charge in [-0.3, -0.25) is 0 Å². The monoisotopic (exact) mass is 318 g/mol. The van der Waals surface area contributed by atoms with Crippen LogP contribution in [-0.4, -0.2) is 12.2 Å². The summed E-state index contributed by atoms with van der Waals surface area (Å²) >= 11 is 5.25. The van der Waals surface area contributed by atoms with Gasteiger partial charge in [0, 0.05) is 5.56 Å². The second-order valence-electron chi connectivity index (χ2n) is 5.05. The molecule has 2 N–H and O–H groups in total. The Kier molecular flexibility index (Phi) is 5.33. The second kappa shape index (κ2) is 7.22. The Labute approximate surface area is 135 Å². The summed E-state index contributed by atoms with van der Waals surface area (Å²) in [5.41, 5.74) is 2.49. The molecule has 0 saturated heterocycles. The van der Waals surface area contributed by atoms with Crippen LogP contribution in [0, 0.1) is 12.7 Å². The molecule has 0 spiro atoms. The number of benzene rings is 2.